The number of hydrazine groups is 1. The zero-order chi connectivity index (χ0) is 22.1. The van der Waals surface area contributed by atoms with Crippen molar-refractivity contribution in [3.63, 3.8) is 0 Å². The molecule has 0 radical (unpaired) electrons. The van der Waals surface area contributed by atoms with E-state index in [9.17, 15) is 18.0 Å². The summed E-state index contributed by atoms with van der Waals surface area (Å²) < 4.78 is 31.6. The molecule has 162 valence electrons. The van der Waals surface area contributed by atoms with E-state index >= 15 is 0 Å². The fourth-order valence-electron chi connectivity index (χ4n) is 2.65. The molecule has 0 aromatic heterocycles. The van der Waals surface area contributed by atoms with E-state index in [1.165, 1.54) is 31.4 Å². The number of carbonyl (C=O) groups is 2. The van der Waals surface area contributed by atoms with Gasteiger partial charge in [0.2, 0.25) is 10.0 Å². The van der Waals surface area contributed by atoms with Crippen LogP contribution in [0.5, 0.6) is 5.75 Å². The third-order valence-electron chi connectivity index (χ3n) is 4.37. The number of sulfonamides is 1. The van der Waals surface area contributed by atoms with Gasteiger partial charge < -0.3 is 9.64 Å². The highest BCUT2D eigenvalue weighted by atomic mass is 32.2. The minimum atomic E-state index is -3.87. The van der Waals surface area contributed by atoms with Crippen LogP contribution in [-0.2, 0) is 14.8 Å². The van der Waals surface area contributed by atoms with Crippen LogP contribution in [0.3, 0.4) is 0 Å². The molecule has 0 fully saturated rings. The van der Waals surface area contributed by atoms with E-state index in [2.05, 4.69) is 20.5 Å². The SMILES string of the molecule is CCN(CC)c1ccc(C(=O)NNC(=O)CNS(=O)(=O)c2ccc(OC)cc2)cc1. The first kappa shape index (κ1) is 23.2. The highest BCUT2D eigenvalue weighted by molar-refractivity contribution is 7.89. The van der Waals surface area contributed by atoms with Crippen LogP contribution >= 0.6 is 0 Å². The molecule has 0 atom stereocenters. The quantitative estimate of drug-likeness (QED) is 0.512. The van der Waals surface area contributed by atoms with E-state index in [1.807, 2.05) is 26.0 Å². The number of ether oxygens (including phenoxy) is 1. The summed E-state index contributed by atoms with van der Waals surface area (Å²) in [6.07, 6.45) is 0. The number of rotatable bonds is 9. The van der Waals surface area contributed by atoms with Crippen LogP contribution in [0.2, 0.25) is 0 Å². The summed E-state index contributed by atoms with van der Waals surface area (Å²) >= 11 is 0. The van der Waals surface area contributed by atoms with Crippen molar-refractivity contribution in [3.8, 4) is 5.75 Å². The molecule has 2 aromatic carbocycles. The fourth-order valence-corrected chi connectivity index (χ4v) is 3.64. The summed E-state index contributed by atoms with van der Waals surface area (Å²) in [5.74, 6) is -0.702. The number of methoxy groups -OCH3 is 1. The molecule has 30 heavy (non-hydrogen) atoms. The van der Waals surface area contributed by atoms with Gasteiger partial charge in [-0.3, -0.25) is 20.4 Å². The van der Waals surface area contributed by atoms with Gasteiger partial charge in [0.1, 0.15) is 5.75 Å². The normalized spacial score (nSPS) is 10.9. The smallest absolute Gasteiger partial charge is 0.269 e. The van der Waals surface area contributed by atoms with Crippen molar-refractivity contribution in [1.29, 1.82) is 0 Å². The van der Waals surface area contributed by atoms with Gasteiger partial charge >= 0.3 is 0 Å². The molecule has 0 aliphatic rings. The lowest BCUT2D eigenvalue weighted by atomic mass is 10.2. The van der Waals surface area contributed by atoms with Crippen LogP contribution in [0.25, 0.3) is 0 Å². The number of amides is 2. The second-order valence-corrected chi connectivity index (χ2v) is 7.99. The van der Waals surface area contributed by atoms with Crippen LogP contribution in [0, 0.1) is 0 Å². The fraction of sp³-hybridized carbons (Fsp3) is 0.300. The number of nitrogens with zero attached hydrogens (tertiary/aromatic N) is 1. The number of anilines is 1. The molecule has 0 bridgehead atoms. The Balaban J connectivity index is 1.85. The molecule has 3 N–H and O–H groups in total. The lowest BCUT2D eigenvalue weighted by molar-refractivity contribution is -0.120. The summed E-state index contributed by atoms with van der Waals surface area (Å²) in [5.41, 5.74) is 5.81. The van der Waals surface area contributed by atoms with Crippen LogP contribution in [0.1, 0.15) is 24.2 Å². The second kappa shape index (κ2) is 10.6. The molecule has 0 saturated heterocycles. The van der Waals surface area contributed by atoms with Crippen molar-refractivity contribution in [2.24, 2.45) is 0 Å². The van der Waals surface area contributed by atoms with Crippen LogP contribution in [0.15, 0.2) is 53.4 Å². The van der Waals surface area contributed by atoms with E-state index in [0.717, 1.165) is 18.8 Å². The molecule has 0 aliphatic carbocycles. The number of hydrogen-bond donors (Lipinski definition) is 3. The Labute approximate surface area is 176 Å². The molecule has 2 aromatic rings. The summed E-state index contributed by atoms with van der Waals surface area (Å²) in [5, 5.41) is 0. The minimum absolute atomic E-state index is 0.00609. The van der Waals surface area contributed by atoms with Gasteiger partial charge in [-0.2, -0.15) is 0 Å². The van der Waals surface area contributed by atoms with Gasteiger partial charge in [-0.1, -0.05) is 0 Å². The Bertz CT molecular complexity index is 956. The van der Waals surface area contributed by atoms with Crippen LogP contribution < -0.4 is 25.2 Å². The predicted molar refractivity (Wildman–Crippen MR) is 114 cm³/mol. The predicted octanol–water partition coefficient (Wildman–Crippen LogP) is 1.28. The topological polar surface area (TPSA) is 117 Å². The van der Waals surface area contributed by atoms with E-state index < -0.39 is 28.4 Å². The molecule has 0 heterocycles. The maximum atomic E-state index is 12.2. The summed E-state index contributed by atoms with van der Waals surface area (Å²) in [7, 11) is -2.40. The number of hydrogen-bond acceptors (Lipinski definition) is 6. The summed E-state index contributed by atoms with van der Waals surface area (Å²) in [4.78, 5) is 26.2. The third-order valence-corrected chi connectivity index (χ3v) is 5.78. The monoisotopic (exact) mass is 434 g/mol. The Kier molecular flexibility index (Phi) is 8.19. The van der Waals surface area contributed by atoms with E-state index in [1.54, 1.807) is 12.1 Å². The molecule has 0 aliphatic heterocycles. The van der Waals surface area contributed by atoms with Crippen LogP contribution in [0.4, 0.5) is 5.69 Å². The van der Waals surface area contributed by atoms with E-state index in [0.29, 0.717) is 11.3 Å². The first-order valence-electron chi connectivity index (χ1n) is 9.38. The average Bonchev–Trinajstić information content (AvgIpc) is 2.77. The molecular formula is C20H26N4O5S. The molecular weight excluding hydrogens is 408 g/mol. The third kappa shape index (κ3) is 6.19. The molecule has 2 rings (SSSR count). The maximum absolute atomic E-state index is 12.2. The Morgan fingerprint density at radius 2 is 1.53 bits per heavy atom. The van der Waals surface area contributed by atoms with Crippen LogP contribution in [-0.4, -0.2) is 47.0 Å². The van der Waals surface area contributed by atoms with Gasteiger partial charge in [-0.15, -0.1) is 0 Å². The molecule has 0 saturated carbocycles. The number of nitrogens with one attached hydrogen (secondary N) is 3. The lowest BCUT2D eigenvalue weighted by Gasteiger charge is -2.21. The van der Waals surface area contributed by atoms with Gasteiger partial charge in [-0.25, -0.2) is 13.1 Å². The Morgan fingerprint density at radius 1 is 0.933 bits per heavy atom. The van der Waals surface area contributed by atoms with Crippen molar-refractivity contribution in [1.82, 2.24) is 15.6 Å². The lowest BCUT2D eigenvalue weighted by Crippen LogP contribution is -2.46. The zero-order valence-electron chi connectivity index (χ0n) is 17.1. The Morgan fingerprint density at radius 3 is 2.07 bits per heavy atom. The minimum Gasteiger partial charge on any atom is -0.497 e. The van der Waals surface area contributed by atoms with Gasteiger partial charge in [0.25, 0.3) is 11.8 Å². The van der Waals surface area contributed by atoms with Crippen molar-refractivity contribution in [2.75, 3.05) is 31.6 Å². The average molecular weight is 435 g/mol. The van der Waals surface area contributed by atoms with Crippen molar-refractivity contribution < 1.29 is 22.7 Å². The first-order chi connectivity index (χ1) is 14.3. The molecule has 0 spiro atoms. The van der Waals surface area contributed by atoms with E-state index in [-0.39, 0.29) is 4.90 Å². The number of benzene rings is 2. The van der Waals surface area contributed by atoms with Gasteiger partial charge in [-0.05, 0) is 62.4 Å². The largest absolute Gasteiger partial charge is 0.497 e. The summed E-state index contributed by atoms with van der Waals surface area (Å²) in [6.45, 7) is 5.26. The van der Waals surface area contributed by atoms with Gasteiger partial charge in [0.05, 0.1) is 18.6 Å². The second-order valence-electron chi connectivity index (χ2n) is 6.22. The number of carbonyl (C=O) groups excluding carboxylic acids is 2. The molecule has 10 heteroatoms. The summed E-state index contributed by atoms with van der Waals surface area (Å²) in [6, 6.07) is 12.7. The van der Waals surface area contributed by atoms with Crippen molar-refractivity contribution >= 4 is 27.5 Å². The van der Waals surface area contributed by atoms with E-state index in [4.69, 9.17) is 4.74 Å². The highest BCUT2D eigenvalue weighted by Crippen LogP contribution is 2.15. The molecule has 0 unspecified atom stereocenters. The van der Waals surface area contributed by atoms with Gasteiger partial charge in [0, 0.05) is 24.3 Å². The van der Waals surface area contributed by atoms with Crippen molar-refractivity contribution in [3.05, 3.63) is 54.1 Å². The maximum Gasteiger partial charge on any atom is 0.269 e. The zero-order valence-corrected chi connectivity index (χ0v) is 18.0. The molecule has 2 amide bonds. The van der Waals surface area contributed by atoms with Crippen molar-refractivity contribution in [2.45, 2.75) is 18.7 Å². The highest BCUT2D eigenvalue weighted by Gasteiger charge is 2.16. The van der Waals surface area contributed by atoms with Gasteiger partial charge in [0.15, 0.2) is 0 Å². The first-order valence-corrected chi connectivity index (χ1v) is 10.9. The molecule has 9 nitrogen and oxygen atoms in total. The Hall–Kier alpha value is -3.11. The standard InChI is InChI=1S/C20H26N4O5S/c1-4-24(5-2)16-8-6-15(7-9-16)20(26)23-22-19(25)14-21-30(27,28)18-12-10-17(29-3)11-13-18/h6-13,21H,4-5,14H2,1-3H3,(H,22,25)(H,23,26).